The number of carboxylic acid groups (broad SMARTS) is 1. The van der Waals surface area contributed by atoms with Crippen molar-refractivity contribution in [3.63, 3.8) is 0 Å². The fourth-order valence-corrected chi connectivity index (χ4v) is 2.12. The zero-order chi connectivity index (χ0) is 15.0. The number of carbonyl (C=O) groups excluding carboxylic acids is 1. The molecule has 110 valence electrons. The largest absolute Gasteiger partial charge is 0.480 e. The van der Waals surface area contributed by atoms with Gasteiger partial charge in [0.05, 0.1) is 0 Å². The van der Waals surface area contributed by atoms with E-state index in [4.69, 9.17) is 10.8 Å². The van der Waals surface area contributed by atoms with E-state index in [1.165, 1.54) is 0 Å². The number of carbonyl (C=O) groups is 2. The number of carboxylic acids is 1. The SMILES string of the molecule is NC(Cc1cccc(NC(=O)CCCCBr)c1)C(=O)O. The van der Waals surface area contributed by atoms with E-state index >= 15 is 0 Å². The molecule has 0 aromatic heterocycles. The summed E-state index contributed by atoms with van der Waals surface area (Å²) in [5.41, 5.74) is 6.95. The van der Waals surface area contributed by atoms with Crippen molar-refractivity contribution in [3.05, 3.63) is 29.8 Å². The maximum Gasteiger partial charge on any atom is 0.320 e. The normalized spacial score (nSPS) is 11.9. The number of anilines is 1. The zero-order valence-corrected chi connectivity index (χ0v) is 12.7. The van der Waals surface area contributed by atoms with Crippen LogP contribution in [0.3, 0.4) is 0 Å². The molecule has 1 atom stereocenters. The van der Waals surface area contributed by atoms with Crippen LogP contribution in [0.1, 0.15) is 24.8 Å². The molecule has 1 aromatic carbocycles. The minimum absolute atomic E-state index is 0.0365. The van der Waals surface area contributed by atoms with E-state index in [2.05, 4.69) is 21.2 Å². The first-order valence-corrected chi connectivity index (χ1v) is 7.58. The van der Waals surface area contributed by atoms with Gasteiger partial charge in [0.2, 0.25) is 5.91 Å². The Bertz CT molecular complexity index is 465. The first-order valence-electron chi connectivity index (χ1n) is 6.46. The number of benzene rings is 1. The maximum absolute atomic E-state index is 11.7. The molecule has 0 aliphatic rings. The van der Waals surface area contributed by atoms with Gasteiger partial charge in [-0.2, -0.15) is 0 Å². The molecule has 0 spiro atoms. The quantitative estimate of drug-likeness (QED) is 0.498. The summed E-state index contributed by atoms with van der Waals surface area (Å²) in [6.07, 6.45) is 2.51. The predicted octanol–water partition coefficient (Wildman–Crippen LogP) is 2.14. The van der Waals surface area contributed by atoms with E-state index in [1.54, 1.807) is 24.3 Å². The van der Waals surface area contributed by atoms with E-state index in [9.17, 15) is 9.59 Å². The molecule has 0 fully saturated rings. The van der Waals surface area contributed by atoms with Crippen molar-refractivity contribution in [2.24, 2.45) is 5.73 Å². The number of rotatable bonds is 8. The van der Waals surface area contributed by atoms with Crippen LogP contribution >= 0.6 is 15.9 Å². The summed E-state index contributed by atoms with van der Waals surface area (Å²) >= 11 is 3.32. The Morgan fingerprint density at radius 1 is 1.35 bits per heavy atom. The summed E-state index contributed by atoms with van der Waals surface area (Å²) < 4.78 is 0. The molecular formula is C14H19BrN2O3. The second-order valence-electron chi connectivity index (χ2n) is 4.54. The average molecular weight is 343 g/mol. The van der Waals surface area contributed by atoms with Gasteiger partial charge in [0.15, 0.2) is 0 Å². The van der Waals surface area contributed by atoms with Crippen LogP contribution in [0.5, 0.6) is 0 Å². The highest BCUT2D eigenvalue weighted by Crippen LogP contribution is 2.13. The summed E-state index contributed by atoms with van der Waals surface area (Å²) in [6, 6.07) is 6.17. The van der Waals surface area contributed by atoms with Crippen LogP contribution in [0.2, 0.25) is 0 Å². The van der Waals surface area contributed by atoms with E-state index in [-0.39, 0.29) is 12.3 Å². The Kier molecular flexibility index (Phi) is 7.25. The molecule has 0 radical (unpaired) electrons. The minimum Gasteiger partial charge on any atom is -0.480 e. The van der Waals surface area contributed by atoms with Crippen LogP contribution in [0, 0.1) is 0 Å². The van der Waals surface area contributed by atoms with E-state index in [0.717, 1.165) is 23.7 Å². The maximum atomic E-state index is 11.7. The molecule has 0 aliphatic heterocycles. The second kappa shape index (κ2) is 8.71. The van der Waals surface area contributed by atoms with Crippen LogP contribution in [-0.4, -0.2) is 28.4 Å². The summed E-state index contributed by atoms with van der Waals surface area (Å²) in [5, 5.41) is 12.5. The van der Waals surface area contributed by atoms with E-state index < -0.39 is 12.0 Å². The lowest BCUT2D eigenvalue weighted by Gasteiger charge is -2.09. The van der Waals surface area contributed by atoms with Gasteiger partial charge in [0.1, 0.15) is 6.04 Å². The Morgan fingerprint density at radius 2 is 2.10 bits per heavy atom. The van der Waals surface area contributed by atoms with Gasteiger partial charge in [-0.25, -0.2) is 0 Å². The van der Waals surface area contributed by atoms with Crippen LogP contribution in [-0.2, 0) is 16.0 Å². The number of nitrogens with two attached hydrogens (primary N) is 1. The number of hydrogen-bond acceptors (Lipinski definition) is 3. The molecule has 0 saturated heterocycles. The monoisotopic (exact) mass is 342 g/mol. The van der Waals surface area contributed by atoms with Crippen molar-refractivity contribution in [2.75, 3.05) is 10.6 Å². The summed E-state index contributed by atoms with van der Waals surface area (Å²) in [4.78, 5) is 22.4. The lowest BCUT2D eigenvalue weighted by atomic mass is 10.1. The number of alkyl halides is 1. The van der Waals surface area contributed by atoms with Crippen molar-refractivity contribution in [2.45, 2.75) is 31.7 Å². The van der Waals surface area contributed by atoms with Crippen molar-refractivity contribution in [1.82, 2.24) is 0 Å². The van der Waals surface area contributed by atoms with Crippen molar-refractivity contribution < 1.29 is 14.7 Å². The first-order chi connectivity index (χ1) is 9.52. The molecule has 0 bridgehead atoms. The Labute approximate surface area is 126 Å². The van der Waals surface area contributed by atoms with Gasteiger partial charge in [-0.3, -0.25) is 9.59 Å². The van der Waals surface area contributed by atoms with Gasteiger partial charge in [0, 0.05) is 17.4 Å². The minimum atomic E-state index is -1.03. The van der Waals surface area contributed by atoms with Gasteiger partial charge in [-0.05, 0) is 37.0 Å². The third-order valence-electron chi connectivity index (χ3n) is 2.77. The summed E-state index contributed by atoms with van der Waals surface area (Å²) in [6.45, 7) is 0. The van der Waals surface area contributed by atoms with Gasteiger partial charge >= 0.3 is 5.97 Å². The summed E-state index contributed by atoms with van der Waals surface area (Å²) in [7, 11) is 0. The molecule has 1 amide bonds. The molecule has 0 saturated carbocycles. The number of unbranched alkanes of at least 4 members (excludes halogenated alkanes) is 1. The van der Waals surface area contributed by atoms with Gasteiger partial charge in [-0.15, -0.1) is 0 Å². The van der Waals surface area contributed by atoms with Crippen LogP contribution < -0.4 is 11.1 Å². The Hall–Kier alpha value is -1.40. The highest BCUT2D eigenvalue weighted by atomic mass is 79.9. The van der Waals surface area contributed by atoms with Gasteiger partial charge < -0.3 is 16.2 Å². The third kappa shape index (κ3) is 6.16. The Balaban J connectivity index is 2.55. The second-order valence-corrected chi connectivity index (χ2v) is 5.34. The highest BCUT2D eigenvalue weighted by molar-refractivity contribution is 9.09. The molecule has 5 nitrogen and oxygen atoms in total. The number of aliphatic carboxylic acids is 1. The van der Waals surface area contributed by atoms with E-state index in [1.807, 2.05) is 0 Å². The van der Waals surface area contributed by atoms with Crippen molar-refractivity contribution >= 4 is 33.5 Å². The zero-order valence-electron chi connectivity index (χ0n) is 11.1. The highest BCUT2D eigenvalue weighted by Gasteiger charge is 2.12. The summed E-state index contributed by atoms with van der Waals surface area (Å²) in [5.74, 6) is -1.07. The molecule has 1 rings (SSSR count). The predicted molar refractivity (Wildman–Crippen MR) is 82.0 cm³/mol. The van der Waals surface area contributed by atoms with Crippen molar-refractivity contribution in [1.29, 1.82) is 0 Å². The fourth-order valence-electron chi connectivity index (χ4n) is 1.72. The number of amides is 1. The number of halogens is 1. The van der Waals surface area contributed by atoms with Gasteiger partial charge in [-0.1, -0.05) is 28.1 Å². The number of hydrogen-bond donors (Lipinski definition) is 3. The van der Waals surface area contributed by atoms with Gasteiger partial charge in [0.25, 0.3) is 0 Å². The number of nitrogens with one attached hydrogen (secondary N) is 1. The smallest absolute Gasteiger partial charge is 0.320 e. The van der Waals surface area contributed by atoms with Crippen LogP contribution in [0.15, 0.2) is 24.3 Å². The topological polar surface area (TPSA) is 92.4 Å². The van der Waals surface area contributed by atoms with Crippen LogP contribution in [0.25, 0.3) is 0 Å². The Morgan fingerprint density at radius 3 is 2.75 bits per heavy atom. The molecule has 1 aromatic rings. The molecule has 1 unspecified atom stereocenters. The molecule has 0 heterocycles. The molecule has 6 heteroatoms. The molecule has 4 N–H and O–H groups in total. The lowest BCUT2D eigenvalue weighted by Crippen LogP contribution is -2.32. The molecule has 20 heavy (non-hydrogen) atoms. The van der Waals surface area contributed by atoms with Crippen LogP contribution in [0.4, 0.5) is 5.69 Å². The van der Waals surface area contributed by atoms with Crippen molar-refractivity contribution in [3.8, 4) is 0 Å². The first kappa shape index (κ1) is 16.7. The molecular weight excluding hydrogens is 324 g/mol. The standard InChI is InChI=1S/C14H19BrN2O3/c15-7-2-1-6-13(18)17-11-5-3-4-10(8-11)9-12(16)14(19)20/h3-5,8,12H,1-2,6-7,9,16H2,(H,17,18)(H,19,20). The fraction of sp³-hybridized carbons (Fsp3) is 0.429. The van der Waals surface area contributed by atoms with E-state index in [0.29, 0.717) is 12.1 Å². The third-order valence-corrected chi connectivity index (χ3v) is 3.33. The lowest BCUT2D eigenvalue weighted by molar-refractivity contribution is -0.138. The average Bonchev–Trinajstić information content (AvgIpc) is 2.39. The molecule has 0 aliphatic carbocycles.